The molecular formula is C27H29F3N4O. The van der Waals surface area contributed by atoms with E-state index in [1.54, 1.807) is 6.20 Å². The van der Waals surface area contributed by atoms with E-state index in [0.717, 1.165) is 46.7 Å². The maximum Gasteiger partial charge on any atom is 0.394 e. The summed E-state index contributed by atoms with van der Waals surface area (Å²) in [6.45, 7) is 6.38. The minimum Gasteiger partial charge on any atom is -0.373 e. The predicted molar refractivity (Wildman–Crippen MR) is 125 cm³/mol. The van der Waals surface area contributed by atoms with E-state index < -0.39 is 11.6 Å². The van der Waals surface area contributed by atoms with Gasteiger partial charge in [-0.15, -0.1) is 0 Å². The van der Waals surface area contributed by atoms with Crippen molar-refractivity contribution in [1.29, 1.82) is 0 Å². The Labute approximate surface area is 202 Å². The smallest absolute Gasteiger partial charge is 0.373 e. The number of alkyl halides is 3. The van der Waals surface area contributed by atoms with Gasteiger partial charge in [0.1, 0.15) is 5.52 Å². The second kappa shape index (κ2) is 7.95. The van der Waals surface area contributed by atoms with Crippen molar-refractivity contribution in [3.8, 4) is 0 Å². The van der Waals surface area contributed by atoms with Gasteiger partial charge in [-0.2, -0.15) is 13.2 Å². The van der Waals surface area contributed by atoms with Gasteiger partial charge < -0.3 is 4.74 Å². The van der Waals surface area contributed by atoms with Gasteiger partial charge in [0, 0.05) is 36.0 Å². The maximum atomic E-state index is 13.8. The summed E-state index contributed by atoms with van der Waals surface area (Å²) in [5.74, 6) is -0.0797. The first-order valence-corrected chi connectivity index (χ1v) is 12.4. The molecule has 2 bridgehead atoms. The van der Waals surface area contributed by atoms with Crippen LogP contribution >= 0.6 is 0 Å². The first kappa shape index (κ1) is 22.8. The molecule has 0 aromatic carbocycles. The molecule has 8 heteroatoms. The number of fused-ring (bicyclic) bond motifs is 2. The maximum absolute atomic E-state index is 13.8. The van der Waals surface area contributed by atoms with Crippen LogP contribution in [0.1, 0.15) is 84.1 Å². The highest BCUT2D eigenvalue weighted by Gasteiger charge is 2.69. The van der Waals surface area contributed by atoms with E-state index in [9.17, 15) is 13.2 Å². The summed E-state index contributed by atoms with van der Waals surface area (Å²) in [6, 6.07) is 6.04. The quantitative estimate of drug-likeness (QED) is 0.431. The molecule has 1 saturated heterocycles. The van der Waals surface area contributed by atoms with Crippen molar-refractivity contribution in [2.75, 3.05) is 6.61 Å². The van der Waals surface area contributed by atoms with E-state index in [4.69, 9.17) is 19.7 Å². The predicted octanol–water partition coefficient (Wildman–Crippen LogP) is 6.43. The van der Waals surface area contributed by atoms with Gasteiger partial charge in [-0.3, -0.25) is 9.97 Å². The van der Waals surface area contributed by atoms with E-state index in [1.807, 2.05) is 39.0 Å². The molecule has 3 aliphatic carbocycles. The summed E-state index contributed by atoms with van der Waals surface area (Å²) < 4.78 is 47.6. The lowest BCUT2D eigenvalue weighted by atomic mass is 9.68. The topological polar surface area (TPSA) is 60.8 Å². The van der Waals surface area contributed by atoms with Gasteiger partial charge in [0.15, 0.2) is 0 Å². The number of hydrogen-bond donors (Lipinski definition) is 0. The van der Waals surface area contributed by atoms with Gasteiger partial charge in [-0.25, -0.2) is 9.97 Å². The number of aromatic nitrogens is 4. The first-order chi connectivity index (χ1) is 16.6. The van der Waals surface area contributed by atoms with Gasteiger partial charge in [0.25, 0.3) is 0 Å². The highest BCUT2D eigenvalue weighted by atomic mass is 19.4. The van der Waals surface area contributed by atoms with Gasteiger partial charge in [0.05, 0.1) is 34.1 Å². The number of hydrogen-bond acceptors (Lipinski definition) is 5. The van der Waals surface area contributed by atoms with E-state index in [2.05, 4.69) is 4.98 Å². The van der Waals surface area contributed by atoms with Gasteiger partial charge in [0.2, 0.25) is 0 Å². The van der Waals surface area contributed by atoms with Gasteiger partial charge in [-0.05, 0) is 82.6 Å². The first-order valence-electron chi connectivity index (χ1n) is 12.4. The zero-order chi connectivity index (χ0) is 24.5. The van der Waals surface area contributed by atoms with Crippen LogP contribution in [0.25, 0.3) is 11.0 Å². The fourth-order valence-electron chi connectivity index (χ4n) is 6.46. The van der Waals surface area contributed by atoms with Crippen molar-refractivity contribution in [3.05, 3.63) is 58.4 Å². The third-order valence-electron chi connectivity index (χ3n) is 8.54. The summed E-state index contributed by atoms with van der Waals surface area (Å²) in [6.07, 6.45) is -0.337. The summed E-state index contributed by atoms with van der Waals surface area (Å²) >= 11 is 0. The third kappa shape index (κ3) is 3.72. The van der Waals surface area contributed by atoms with Crippen molar-refractivity contribution in [2.24, 2.45) is 11.3 Å². The number of pyridine rings is 2. The second-order valence-corrected chi connectivity index (χ2v) is 10.8. The average molecular weight is 483 g/mol. The molecule has 5 nitrogen and oxygen atoms in total. The monoisotopic (exact) mass is 482 g/mol. The normalized spacial score (nSPS) is 30.5. The Morgan fingerprint density at radius 3 is 2.49 bits per heavy atom. The molecule has 4 fully saturated rings. The Kier molecular flexibility index (Phi) is 5.18. The molecule has 35 heavy (non-hydrogen) atoms. The van der Waals surface area contributed by atoms with Crippen LogP contribution in [0.5, 0.6) is 0 Å². The number of ether oxygens (including phenoxy) is 1. The summed E-state index contributed by atoms with van der Waals surface area (Å²) in [5, 5.41) is 0. The van der Waals surface area contributed by atoms with Crippen molar-refractivity contribution >= 4 is 11.0 Å². The minimum absolute atomic E-state index is 0.00761. The number of aryl methyl sites for hydroxylation is 3. The minimum atomic E-state index is -4.17. The van der Waals surface area contributed by atoms with Crippen LogP contribution < -0.4 is 0 Å². The van der Waals surface area contributed by atoms with Crippen LogP contribution in [-0.4, -0.2) is 32.7 Å². The van der Waals surface area contributed by atoms with E-state index in [-0.39, 0.29) is 43.1 Å². The van der Waals surface area contributed by atoms with Gasteiger partial charge in [-0.1, -0.05) is 0 Å². The third-order valence-corrected chi connectivity index (χ3v) is 8.54. The fourth-order valence-corrected chi connectivity index (χ4v) is 6.46. The molecule has 3 saturated carbocycles. The summed E-state index contributed by atoms with van der Waals surface area (Å²) in [5.41, 5.74) is 5.13. The molecule has 0 spiro atoms. The molecule has 4 aliphatic rings. The van der Waals surface area contributed by atoms with Crippen LogP contribution in [-0.2, 0) is 4.74 Å². The molecule has 4 heterocycles. The Bertz CT molecular complexity index is 1300. The zero-order valence-corrected chi connectivity index (χ0v) is 20.2. The second-order valence-electron chi connectivity index (χ2n) is 10.8. The zero-order valence-electron chi connectivity index (χ0n) is 20.2. The van der Waals surface area contributed by atoms with Crippen LogP contribution in [0.15, 0.2) is 24.4 Å². The molecule has 184 valence electrons. The largest absolute Gasteiger partial charge is 0.394 e. The van der Waals surface area contributed by atoms with Crippen molar-refractivity contribution in [2.45, 2.75) is 77.0 Å². The lowest BCUT2D eigenvalue weighted by Gasteiger charge is -2.39. The molecule has 0 amide bonds. The SMILES string of the molecule is Cc1cc(C2CC(c3cc4nc(C)c(C)nc4c(C4C[C@]5(C(F)(F)F)C[C@@H]4C5)n3)CCO2)ccn1. The molecule has 1 aliphatic heterocycles. The standard InChI is InChI=1S/C27H29F3N4O/c1-14-8-18(4-6-31-14)23-9-17(5-7-35-23)21-10-22-25(33-16(3)15(2)32-22)24(34-21)20-13-26(27(28,29)30)11-19(20)12-26/h4,6,8,10,17,19-20,23H,5,7,9,11-13H2,1-3H3/t17?,19-,20?,23?,26+. The summed E-state index contributed by atoms with van der Waals surface area (Å²) in [7, 11) is 0. The van der Waals surface area contributed by atoms with Gasteiger partial charge >= 0.3 is 6.18 Å². The number of rotatable bonds is 3. The molecule has 0 radical (unpaired) electrons. The number of nitrogens with zero attached hydrogens (tertiary/aromatic N) is 4. The van der Waals surface area contributed by atoms with Crippen molar-refractivity contribution < 1.29 is 17.9 Å². The molecule has 3 atom stereocenters. The molecule has 0 N–H and O–H groups in total. The molecule has 3 aromatic rings. The molecule has 3 unspecified atom stereocenters. The number of halogens is 3. The van der Waals surface area contributed by atoms with Crippen molar-refractivity contribution in [3.63, 3.8) is 0 Å². The van der Waals surface area contributed by atoms with Crippen LogP contribution in [0.2, 0.25) is 0 Å². The van der Waals surface area contributed by atoms with Crippen molar-refractivity contribution in [1.82, 2.24) is 19.9 Å². The van der Waals surface area contributed by atoms with E-state index >= 15 is 0 Å². The molecular weight excluding hydrogens is 453 g/mol. The fraction of sp³-hybridized carbons (Fsp3) is 0.556. The molecule has 3 aromatic heterocycles. The Balaban J connectivity index is 1.39. The highest BCUT2D eigenvalue weighted by molar-refractivity contribution is 5.78. The van der Waals surface area contributed by atoms with Crippen LogP contribution in [0.4, 0.5) is 13.2 Å². The average Bonchev–Trinajstić information content (AvgIpc) is 3.37. The van der Waals surface area contributed by atoms with E-state index in [0.29, 0.717) is 17.8 Å². The Hall–Kier alpha value is -2.61. The van der Waals surface area contributed by atoms with Crippen LogP contribution in [0.3, 0.4) is 0 Å². The van der Waals surface area contributed by atoms with E-state index in [1.165, 1.54) is 0 Å². The molecule has 7 rings (SSSR count). The Morgan fingerprint density at radius 1 is 1.00 bits per heavy atom. The highest BCUT2D eigenvalue weighted by Crippen LogP contribution is 2.70. The Morgan fingerprint density at radius 2 is 1.77 bits per heavy atom. The summed E-state index contributed by atoms with van der Waals surface area (Å²) in [4.78, 5) is 18.9. The van der Waals surface area contributed by atoms with Crippen LogP contribution in [0, 0.1) is 32.1 Å². The lowest BCUT2D eigenvalue weighted by Crippen LogP contribution is -2.42. The lowest BCUT2D eigenvalue weighted by molar-refractivity contribution is -0.244.